The van der Waals surface area contributed by atoms with Crippen molar-refractivity contribution >= 4 is 15.9 Å². The third-order valence-electron chi connectivity index (χ3n) is 3.42. The highest BCUT2D eigenvalue weighted by molar-refractivity contribution is 9.10. The molecule has 1 unspecified atom stereocenters. The maximum absolute atomic E-state index is 10.3. The molecule has 0 amide bonds. The second-order valence-electron chi connectivity index (χ2n) is 4.78. The predicted molar refractivity (Wildman–Crippen MR) is 85.2 cm³/mol. The van der Waals surface area contributed by atoms with Crippen LogP contribution < -0.4 is 4.74 Å². The van der Waals surface area contributed by atoms with E-state index in [2.05, 4.69) is 35.0 Å². The lowest BCUT2D eigenvalue weighted by Gasteiger charge is -2.13. The van der Waals surface area contributed by atoms with Gasteiger partial charge in [-0.15, -0.1) is 0 Å². The summed E-state index contributed by atoms with van der Waals surface area (Å²) < 4.78 is 6.11. The zero-order valence-corrected chi connectivity index (χ0v) is 13.4. The van der Waals surface area contributed by atoms with Crippen LogP contribution in [0.5, 0.6) is 5.75 Å². The van der Waals surface area contributed by atoms with E-state index in [0.29, 0.717) is 6.42 Å². The molecule has 106 valence electrons. The smallest absolute Gasteiger partial charge is 0.133 e. The molecule has 0 saturated heterocycles. The van der Waals surface area contributed by atoms with Crippen LogP contribution in [0.2, 0.25) is 0 Å². The molecule has 1 atom stereocenters. The Morgan fingerprint density at radius 1 is 1.10 bits per heavy atom. The van der Waals surface area contributed by atoms with Gasteiger partial charge < -0.3 is 9.84 Å². The number of aliphatic hydroxyl groups is 1. The van der Waals surface area contributed by atoms with E-state index in [1.54, 1.807) is 7.11 Å². The molecular formula is C17H19BrO2. The average molecular weight is 335 g/mol. The van der Waals surface area contributed by atoms with Crippen LogP contribution in [0.25, 0.3) is 0 Å². The van der Waals surface area contributed by atoms with Crippen LogP contribution in [0.3, 0.4) is 0 Å². The van der Waals surface area contributed by atoms with Crippen molar-refractivity contribution in [2.75, 3.05) is 7.11 Å². The van der Waals surface area contributed by atoms with Gasteiger partial charge in [-0.25, -0.2) is 0 Å². The van der Waals surface area contributed by atoms with Crippen molar-refractivity contribution in [3.8, 4) is 5.75 Å². The third kappa shape index (κ3) is 3.62. The summed E-state index contributed by atoms with van der Waals surface area (Å²) in [6.45, 7) is 2.13. The molecule has 0 aromatic heterocycles. The molecule has 20 heavy (non-hydrogen) atoms. The quantitative estimate of drug-likeness (QED) is 0.883. The van der Waals surface area contributed by atoms with Crippen LogP contribution in [0.4, 0.5) is 0 Å². The molecule has 2 aromatic rings. The molecule has 3 heteroatoms. The standard InChI is InChI=1S/C17H19BrO2/c1-3-12-4-7-14(8-5-12)16(19)11-13-6-9-17(20-2)15(18)10-13/h4-10,16,19H,3,11H2,1-2H3. The van der Waals surface area contributed by atoms with Gasteiger partial charge in [0.25, 0.3) is 0 Å². The second-order valence-corrected chi connectivity index (χ2v) is 5.64. The Bertz CT molecular complexity index is 564. The van der Waals surface area contributed by atoms with Crippen molar-refractivity contribution in [1.82, 2.24) is 0 Å². The summed E-state index contributed by atoms with van der Waals surface area (Å²) >= 11 is 3.47. The lowest BCUT2D eigenvalue weighted by Crippen LogP contribution is -2.02. The van der Waals surface area contributed by atoms with Gasteiger partial charge in [-0.3, -0.25) is 0 Å². The SMILES string of the molecule is CCc1ccc(C(O)Cc2ccc(OC)c(Br)c2)cc1. The number of halogens is 1. The zero-order chi connectivity index (χ0) is 14.5. The molecule has 0 bridgehead atoms. The number of hydrogen-bond donors (Lipinski definition) is 1. The minimum Gasteiger partial charge on any atom is -0.496 e. The summed E-state index contributed by atoms with van der Waals surface area (Å²) in [5.41, 5.74) is 3.31. The first-order valence-corrected chi connectivity index (χ1v) is 7.52. The van der Waals surface area contributed by atoms with Crippen molar-refractivity contribution in [2.24, 2.45) is 0 Å². The molecule has 0 aliphatic carbocycles. The van der Waals surface area contributed by atoms with E-state index in [1.165, 1.54) is 5.56 Å². The van der Waals surface area contributed by atoms with Gasteiger partial charge in [0.2, 0.25) is 0 Å². The van der Waals surface area contributed by atoms with Crippen LogP contribution in [0.15, 0.2) is 46.9 Å². The Morgan fingerprint density at radius 3 is 2.30 bits per heavy atom. The summed E-state index contributed by atoms with van der Waals surface area (Å²) in [6.07, 6.45) is 1.12. The van der Waals surface area contributed by atoms with Gasteiger partial charge in [0.15, 0.2) is 0 Å². The van der Waals surface area contributed by atoms with E-state index in [4.69, 9.17) is 4.74 Å². The maximum atomic E-state index is 10.3. The lowest BCUT2D eigenvalue weighted by atomic mass is 10.00. The normalized spacial score (nSPS) is 12.2. The number of aliphatic hydroxyl groups excluding tert-OH is 1. The fourth-order valence-corrected chi connectivity index (χ4v) is 2.74. The number of methoxy groups -OCH3 is 1. The first-order valence-electron chi connectivity index (χ1n) is 6.73. The Hall–Kier alpha value is -1.32. The van der Waals surface area contributed by atoms with Gasteiger partial charge in [0.1, 0.15) is 5.75 Å². The number of aryl methyl sites for hydroxylation is 1. The predicted octanol–water partition coefficient (Wildman–Crippen LogP) is 4.30. The van der Waals surface area contributed by atoms with Crippen LogP contribution in [-0.2, 0) is 12.8 Å². The van der Waals surface area contributed by atoms with E-state index in [-0.39, 0.29) is 0 Å². The van der Waals surface area contributed by atoms with E-state index in [0.717, 1.165) is 27.8 Å². The van der Waals surface area contributed by atoms with Crippen LogP contribution in [0, 0.1) is 0 Å². The number of ether oxygens (including phenoxy) is 1. The lowest BCUT2D eigenvalue weighted by molar-refractivity contribution is 0.178. The van der Waals surface area contributed by atoms with Gasteiger partial charge in [0, 0.05) is 6.42 Å². The Morgan fingerprint density at radius 2 is 1.75 bits per heavy atom. The van der Waals surface area contributed by atoms with E-state index in [9.17, 15) is 5.11 Å². The van der Waals surface area contributed by atoms with Crippen molar-refractivity contribution in [2.45, 2.75) is 25.9 Å². The molecule has 0 aliphatic rings. The topological polar surface area (TPSA) is 29.5 Å². The fourth-order valence-electron chi connectivity index (χ4n) is 2.15. The monoisotopic (exact) mass is 334 g/mol. The number of hydrogen-bond acceptors (Lipinski definition) is 2. The molecule has 0 saturated carbocycles. The highest BCUT2D eigenvalue weighted by Crippen LogP contribution is 2.27. The highest BCUT2D eigenvalue weighted by atomic mass is 79.9. The summed E-state index contributed by atoms with van der Waals surface area (Å²) in [7, 11) is 1.64. The van der Waals surface area contributed by atoms with Crippen molar-refractivity contribution in [1.29, 1.82) is 0 Å². The van der Waals surface area contributed by atoms with Gasteiger partial charge in [-0.2, -0.15) is 0 Å². The minimum atomic E-state index is -0.485. The summed E-state index contributed by atoms with van der Waals surface area (Å²) in [5.74, 6) is 0.801. The van der Waals surface area contributed by atoms with Gasteiger partial charge >= 0.3 is 0 Å². The second kappa shape index (κ2) is 6.91. The van der Waals surface area contributed by atoms with Crippen molar-refractivity contribution in [3.63, 3.8) is 0 Å². The molecular weight excluding hydrogens is 316 g/mol. The minimum absolute atomic E-state index is 0.485. The van der Waals surface area contributed by atoms with Crippen LogP contribution >= 0.6 is 15.9 Å². The molecule has 0 heterocycles. The molecule has 0 aliphatic heterocycles. The van der Waals surface area contributed by atoms with E-state index in [1.807, 2.05) is 30.3 Å². The van der Waals surface area contributed by atoms with E-state index >= 15 is 0 Å². The van der Waals surface area contributed by atoms with Gasteiger partial charge in [-0.05, 0) is 51.2 Å². The Kier molecular flexibility index (Phi) is 5.21. The summed E-state index contributed by atoms with van der Waals surface area (Å²) in [5, 5.41) is 10.3. The van der Waals surface area contributed by atoms with Crippen molar-refractivity contribution < 1.29 is 9.84 Å². The Labute approximate surface area is 128 Å². The summed E-state index contributed by atoms with van der Waals surface area (Å²) in [6, 6.07) is 14.0. The number of benzene rings is 2. The fraction of sp³-hybridized carbons (Fsp3) is 0.294. The third-order valence-corrected chi connectivity index (χ3v) is 4.04. The maximum Gasteiger partial charge on any atom is 0.133 e. The van der Waals surface area contributed by atoms with Crippen LogP contribution in [-0.4, -0.2) is 12.2 Å². The van der Waals surface area contributed by atoms with Gasteiger partial charge in [-0.1, -0.05) is 37.3 Å². The summed E-state index contributed by atoms with van der Waals surface area (Å²) in [4.78, 5) is 0. The first-order chi connectivity index (χ1) is 9.63. The highest BCUT2D eigenvalue weighted by Gasteiger charge is 2.10. The number of rotatable bonds is 5. The Balaban J connectivity index is 2.10. The first kappa shape index (κ1) is 15.1. The molecule has 1 N–H and O–H groups in total. The molecule has 0 fully saturated rings. The van der Waals surface area contributed by atoms with Gasteiger partial charge in [0.05, 0.1) is 17.7 Å². The van der Waals surface area contributed by atoms with E-state index < -0.39 is 6.10 Å². The molecule has 2 nitrogen and oxygen atoms in total. The zero-order valence-electron chi connectivity index (χ0n) is 11.8. The molecule has 2 rings (SSSR count). The molecule has 0 radical (unpaired) electrons. The van der Waals surface area contributed by atoms with Crippen LogP contribution in [0.1, 0.15) is 29.7 Å². The largest absolute Gasteiger partial charge is 0.496 e. The molecule has 0 spiro atoms. The average Bonchev–Trinajstić information content (AvgIpc) is 2.47. The molecule has 2 aromatic carbocycles. The van der Waals surface area contributed by atoms with Crippen molar-refractivity contribution in [3.05, 3.63) is 63.6 Å².